The molecule has 1 aliphatic rings. The summed E-state index contributed by atoms with van der Waals surface area (Å²) in [4.78, 5) is 2.28. The minimum Gasteiger partial charge on any atom is -0.316 e. The summed E-state index contributed by atoms with van der Waals surface area (Å²) in [5.41, 5.74) is 0. The first kappa shape index (κ1) is 13.3. The molecule has 0 radical (unpaired) electrons. The molecule has 1 aliphatic carbocycles. The Morgan fingerprint density at radius 1 is 1.20 bits per heavy atom. The highest BCUT2D eigenvalue weighted by Gasteiger charge is 2.22. The second kappa shape index (κ2) is 7.53. The van der Waals surface area contributed by atoms with Gasteiger partial charge in [0.1, 0.15) is 0 Å². The molecular formula is C12H26N2S. The maximum absolute atomic E-state index is 3.50. The Kier molecular flexibility index (Phi) is 6.69. The van der Waals surface area contributed by atoms with Crippen molar-refractivity contribution in [1.82, 2.24) is 10.2 Å². The van der Waals surface area contributed by atoms with Crippen LogP contribution in [0.15, 0.2) is 0 Å². The van der Waals surface area contributed by atoms with E-state index in [1.807, 2.05) is 0 Å². The zero-order chi connectivity index (χ0) is 11.1. The summed E-state index contributed by atoms with van der Waals surface area (Å²) < 4.78 is 0. The van der Waals surface area contributed by atoms with E-state index >= 15 is 0 Å². The number of rotatable bonds is 5. The lowest BCUT2D eigenvalue weighted by Crippen LogP contribution is -2.35. The van der Waals surface area contributed by atoms with Crippen molar-refractivity contribution in [2.24, 2.45) is 0 Å². The fraction of sp³-hybridized carbons (Fsp3) is 1.00. The molecule has 0 amide bonds. The minimum atomic E-state index is 0.750. The van der Waals surface area contributed by atoms with Crippen molar-refractivity contribution in [2.75, 3.05) is 33.4 Å². The van der Waals surface area contributed by atoms with E-state index < -0.39 is 0 Å². The Bertz CT molecular complexity index is 162. The van der Waals surface area contributed by atoms with Crippen LogP contribution in [-0.2, 0) is 0 Å². The molecule has 2 nitrogen and oxygen atoms in total. The third-order valence-electron chi connectivity index (χ3n) is 3.19. The van der Waals surface area contributed by atoms with Crippen LogP contribution in [0.1, 0.15) is 32.1 Å². The highest BCUT2D eigenvalue weighted by Crippen LogP contribution is 2.27. The maximum atomic E-state index is 3.50. The van der Waals surface area contributed by atoms with Gasteiger partial charge in [0, 0.05) is 23.6 Å². The predicted octanol–water partition coefficient (Wildman–Crippen LogP) is 2.20. The van der Waals surface area contributed by atoms with Crippen LogP contribution in [0.5, 0.6) is 0 Å². The maximum Gasteiger partial charge on any atom is 0.0201 e. The van der Waals surface area contributed by atoms with Crippen molar-refractivity contribution in [3.63, 3.8) is 0 Å². The molecule has 0 aromatic carbocycles. The number of nitrogens with one attached hydrogen (secondary N) is 1. The Morgan fingerprint density at radius 2 is 1.93 bits per heavy atom. The molecule has 1 N–H and O–H groups in total. The Labute approximate surface area is 99.2 Å². The summed E-state index contributed by atoms with van der Waals surface area (Å²) in [6.45, 7) is 1.21. The topological polar surface area (TPSA) is 15.3 Å². The molecule has 3 heteroatoms. The minimum absolute atomic E-state index is 0.750. The van der Waals surface area contributed by atoms with Gasteiger partial charge >= 0.3 is 0 Å². The summed E-state index contributed by atoms with van der Waals surface area (Å²) >= 11 is 2.17. The molecular weight excluding hydrogens is 204 g/mol. The summed E-state index contributed by atoms with van der Waals surface area (Å²) in [7, 11) is 6.43. The Hall–Kier alpha value is 0.270. The summed E-state index contributed by atoms with van der Waals surface area (Å²) in [5.74, 6) is 1.27. The van der Waals surface area contributed by atoms with Crippen molar-refractivity contribution < 1.29 is 0 Å². The number of thioether (sulfide) groups is 1. The van der Waals surface area contributed by atoms with Gasteiger partial charge in [0.2, 0.25) is 0 Å². The van der Waals surface area contributed by atoms with E-state index in [0.29, 0.717) is 0 Å². The fourth-order valence-electron chi connectivity index (χ4n) is 2.19. The predicted molar refractivity (Wildman–Crippen MR) is 70.7 cm³/mol. The highest BCUT2D eigenvalue weighted by atomic mass is 32.2. The Balaban J connectivity index is 2.28. The van der Waals surface area contributed by atoms with Gasteiger partial charge < -0.3 is 10.2 Å². The normalized spacial score (nSPS) is 28.0. The van der Waals surface area contributed by atoms with Crippen molar-refractivity contribution in [2.45, 2.75) is 43.4 Å². The van der Waals surface area contributed by atoms with E-state index in [1.54, 1.807) is 0 Å². The molecule has 0 heterocycles. The van der Waals surface area contributed by atoms with Gasteiger partial charge in [-0.2, -0.15) is 11.8 Å². The molecule has 90 valence electrons. The van der Waals surface area contributed by atoms with Crippen molar-refractivity contribution >= 4 is 11.8 Å². The van der Waals surface area contributed by atoms with E-state index in [9.17, 15) is 0 Å². The van der Waals surface area contributed by atoms with Gasteiger partial charge in [0.05, 0.1) is 0 Å². The summed E-state index contributed by atoms with van der Waals surface area (Å²) in [6.07, 6.45) is 7.05. The smallest absolute Gasteiger partial charge is 0.0201 e. The SMILES string of the molecule is CNC1CCCCCC1SCCN(C)C. The van der Waals surface area contributed by atoms with Crippen LogP contribution in [0.3, 0.4) is 0 Å². The van der Waals surface area contributed by atoms with Gasteiger partial charge in [0.15, 0.2) is 0 Å². The molecule has 1 fully saturated rings. The zero-order valence-corrected chi connectivity index (χ0v) is 11.3. The molecule has 0 aromatic heterocycles. The molecule has 1 saturated carbocycles. The monoisotopic (exact) mass is 230 g/mol. The van der Waals surface area contributed by atoms with Gasteiger partial charge in [-0.15, -0.1) is 0 Å². The molecule has 2 atom stereocenters. The van der Waals surface area contributed by atoms with E-state index in [0.717, 1.165) is 11.3 Å². The molecule has 0 spiro atoms. The second-order valence-corrected chi connectivity index (χ2v) is 6.09. The van der Waals surface area contributed by atoms with Crippen LogP contribution in [0.4, 0.5) is 0 Å². The first-order chi connectivity index (χ1) is 7.24. The van der Waals surface area contributed by atoms with E-state index in [1.165, 1.54) is 44.4 Å². The molecule has 15 heavy (non-hydrogen) atoms. The quantitative estimate of drug-likeness (QED) is 0.729. The number of hydrogen-bond donors (Lipinski definition) is 1. The summed E-state index contributed by atoms with van der Waals surface area (Å²) in [5, 5.41) is 4.34. The zero-order valence-electron chi connectivity index (χ0n) is 10.5. The van der Waals surface area contributed by atoms with Gasteiger partial charge in [-0.3, -0.25) is 0 Å². The van der Waals surface area contributed by atoms with Crippen LogP contribution < -0.4 is 5.32 Å². The van der Waals surface area contributed by atoms with Gasteiger partial charge in [-0.1, -0.05) is 19.3 Å². The molecule has 1 rings (SSSR count). The van der Waals surface area contributed by atoms with Crippen LogP contribution in [0, 0.1) is 0 Å². The molecule has 0 bridgehead atoms. The van der Waals surface area contributed by atoms with Crippen molar-refractivity contribution in [1.29, 1.82) is 0 Å². The highest BCUT2D eigenvalue weighted by molar-refractivity contribution is 8.00. The van der Waals surface area contributed by atoms with E-state index in [2.05, 4.69) is 43.1 Å². The van der Waals surface area contributed by atoms with Crippen LogP contribution in [0.2, 0.25) is 0 Å². The van der Waals surface area contributed by atoms with Crippen LogP contribution in [0.25, 0.3) is 0 Å². The third kappa shape index (κ3) is 5.23. The number of nitrogens with zero attached hydrogens (tertiary/aromatic N) is 1. The molecule has 0 aromatic rings. The van der Waals surface area contributed by atoms with Gasteiger partial charge in [-0.05, 0) is 34.0 Å². The first-order valence-corrected chi connectivity index (χ1v) is 7.22. The average Bonchev–Trinajstić information content (AvgIpc) is 2.42. The third-order valence-corrected chi connectivity index (χ3v) is 4.60. The molecule has 2 unspecified atom stereocenters. The second-order valence-electron chi connectivity index (χ2n) is 4.75. The fourth-order valence-corrected chi connectivity index (χ4v) is 3.80. The standard InChI is InChI=1S/C12H26N2S/c1-13-11-7-5-4-6-8-12(11)15-10-9-14(2)3/h11-13H,4-10H2,1-3H3. The molecule has 0 aliphatic heterocycles. The average molecular weight is 230 g/mol. The van der Waals surface area contributed by atoms with Crippen molar-refractivity contribution in [3.05, 3.63) is 0 Å². The van der Waals surface area contributed by atoms with Crippen LogP contribution in [-0.4, -0.2) is 49.6 Å². The van der Waals surface area contributed by atoms with Gasteiger partial charge in [0.25, 0.3) is 0 Å². The first-order valence-electron chi connectivity index (χ1n) is 6.17. The van der Waals surface area contributed by atoms with Crippen molar-refractivity contribution in [3.8, 4) is 0 Å². The lowest BCUT2D eigenvalue weighted by Gasteiger charge is -2.24. The summed E-state index contributed by atoms with van der Waals surface area (Å²) in [6, 6.07) is 0.750. The largest absolute Gasteiger partial charge is 0.316 e. The molecule has 0 saturated heterocycles. The lowest BCUT2D eigenvalue weighted by atomic mass is 10.1. The lowest BCUT2D eigenvalue weighted by molar-refractivity contribution is 0.436. The number of hydrogen-bond acceptors (Lipinski definition) is 3. The van der Waals surface area contributed by atoms with E-state index in [4.69, 9.17) is 0 Å². The van der Waals surface area contributed by atoms with Gasteiger partial charge in [-0.25, -0.2) is 0 Å². The van der Waals surface area contributed by atoms with Crippen LogP contribution >= 0.6 is 11.8 Å². The Morgan fingerprint density at radius 3 is 2.60 bits per heavy atom. The van der Waals surface area contributed by atoms with E-state index in [-0.39, 0.29) is 0 Å².